The van der Waals surface area contributed by atoms with E-state index in [0.717, 1.165) is 24.8 Å². The summed E-state index contributed by atoms with van der Waals surface area (Å²) in [5, 5.41) is 0. The Morgan fingerprint density at radius 2 is 1.92 bits per heavy atom. The molecule has 1 aromatic carbocycles. The minimum absolute atomic E-state index is 0.251. The van der Waals surface area contributed by atoms with Crippen LogP contribution in [0, 0.1) is 5.92 Å². The van der Waals surface area contributed by atoms with E-state index in [9.17, 15) is 4.79 Å². The molecule has 0 radical (unpaired) electrons. The number of hydrogen-bond donors (Lipinski definition) is 0. The highest BCUT2D eigenvalue weighted by atomic mass is 17.2. The van der Waals surface area contributed by atoms with E-state index in [1.807, 2.05) is 32.0 Å². The van der Waals surface area contributed by atoms with Crippen molar-refractivity contribution in [2.75, 3.05) is 0 Å². The molecule has 0 spiro atoms. The highest BCUT2D eigenvalue weighted by Gasteiger charge is 2.48. The third-order valence-corrected chi connectivity index (χ3v) is 5.62. The first kappa shape index (κ1) is 18.9. The maximum atomic E-state index is 12.3. The molecular formula is C22H28O4. The summed E-state index contributed by atoms with van der Waals surface area (Å²) in [6, 6.07) is 9.06. The lowest BCUT2D eigenvalue weighted by Gasteiger charge is -2.48. The fraction of sp³-hybridized carbons (Fsp3) is 0.500. The third-order valence-electron chi connectivity index (χ3n) is 5.62. The second kappa shape index (κ2) is 7.37. The summed E-state index contributed by atoms with van der Waals surface area (Å²) >= 11 is 0. The molecule has 140 valence electrons. The van der Waals surface area contributed by atoms with E-state index in [4.69, 9.17) is 14.5 Å². The van der Waals surface area contributed by atoms with E-state index >= 15 is 0 Å². The van der Waals surface area contributed by atoms with E-state index < -0.39 is 0 Å². The van der Waals surface area contributed by atoms with Crippen molar-refractivity contribution >= 4 is 5.97 Å². The van der Waals surface area contributed by atoms with Gasteiger partial charge in [-0.05, 0) is 63.2 Å². The van der Waals surface area contributed by atoms with Crippen molar-refractivity contribution in [1.82, 2.24) is 0 Å². The molecule has 2 bridgehead atoms. The van der Waals surface area contributed by atoms with Crippen molar-refractivity contribution in [3.63, 3.8) is 0 Å². The van der Waals surface area contributed by atoms with Crippen LogP contribution < -0.4 is 0 Å². The zero-order valence-electron chi connectivity index (χ0n) is 15.9. The molecule has 0 amide bonds. The topological polar surface area (TPSA) is 44.8 Å². The molecule has 1 saturated heterocycles. The van der Waals surface area contributed by atoms with Crippen molar-refractivity contribution in [2.45, 2.75) is 63.8 Å². The molecule has 4 heteroatoms. The SMILES string of the molecule is C=C(C)C(CCC(C)[C@@]12C=C[C@@](C)(CC1)OO2)OC(=O)c1ccccc1. The van der Waals surface area contributed by atoms with Crippen LogP contribution in [-0.4, -0.2) is 23.3 Å². The molecule has 1 aromatic rings. The van der Waals surface area contributed by atoms with E-state index in [-0.39, 0.29) is 29.2 Å². The highest BCUT2D eigenvalue weighted by Crippen LogP contribution is 2.45. The van der Waals surface area contributed by atoms with Gasteiger partial charge in [0.1, 0.15) is 17.3 Å². The van der Waals surface area contributed by atoms with E-state index in [1.54, 1.807) is 12.1 Å². The fourth-order valence-corrected chi connectivity index (χ4v) is 3.56. The maximum Gasteiger partial charge on any atom is 0.338 e. The molecule has 26 heavy (non-hydrogen) atoms. The van der Waals surface area contributed by atoms with Gasteiger partial charge in [0.25, 0.3) is 0 Å². The molecule has 2 unspecified atom stereocenters. The molecule has 4 rings (SSSR count). The highest BCUT2D eigenvalue weighted by molar-refractivity contribution is 5.89. The Balaban J connectivity index is 1.60. The largest absolute Gasteiger partial charge is 0.454 e. The average molecular weight is 356 g/mol. The zero-order valence-corrected chi connectivity index (χ0v) is 15.9. The number of esters is 1. The number of ether oxygens (including phenoxy) is 1. The van der Waals surface area contributed by atoms with Gasteiger partial charge in [0, 0.05) is 0 Å². The van der Waals surface area contributed by atoms with Crippen molar-refractivity contribution in [2.24, 2.45) is 5.92 Å². The predicted octanol–water partition coefficient (Wildman–Crippen LogP) is 5.01. The first-order valence-electron chi connectivity index (χ1n) is 9.32. The van der Waals surface area contributed by atoms with Crippen LogP contribution in [0.25, 0.3) is 0 Å². The zero-order chi connectivity index (χ0) is 18.8. The monoisotopic (exact) mass is 356 g/mol. The molecule has 2 aliphatic heterocycles. The molecule has 0 saturated carbocycles. The number of hydrogen-bond acceptors (Lipinski definition) is 4. The van der Waals surface area contributed by atoms with Gasteiger partial charge >= 0.3 is 5.97 Å². The number of carbonyl (C=O) groups is 1. The van der Waals surface area contributed by atoms with Gasteiger partial charge in [-0.2, -0.15) is 0 Å². The molecule has 0 N–H and O–H groups in total. The first-order chi connectivity index (χ1) is 12.3. The Labute approximate surface area is 155 Å². The van der Waals surface area contributed by atoms with Crippen molar-refractivity contribution in [3.8, 4) is 0 Å². The number of benzene rings is 1. The fourth-order valence-electron chi connectivity index (χ4n) is 3.56. The summed E-state index contributed by atoms with van der Waals surface area (Å²) in [7, 11) is 0. The lowest BCUT2D eigenvalue weighted by atomic mass is 9.74. The van der Waals surface area contributed by atoms with Gasteiger partial charge < -0.3 is 4.74 Å². The van der Waals surface area contributed by atoms with Crippen LogP contribution in [0.15, 0.2) is 54.6 Å². The van der Waals surface area contributed by atoms with Crippen LogP contribution in [0.2, 0.25) is 0 Å². The van der Waals surface area contributed by atoms with Crippen LogP contribution >= 0.6 is 0 Å². The normalized spacial score (nSPS) is 29.2. The lowest BCUT2D eigenvalue weighted by Crippen LogP contribution is -2.51. The second-order valence-electron chi connectivity index (χ2n) is 7.85. The van der Waals surface area contributed by atoms with Gasteiger partial charge in [0.15, 0.2) is 0 Å². The molecule has 3 aliphatic rings. The van der Waals surface area contributed by atoms with Gasteiger partial charge in [0.2, 0.25) is 0 Å². The Hall–Kier alpha value is -1.91. The molecule has 2 heterocycles. The number of fused-ring (bicyclic) bond motifs is 2. The van der Waals surface area contributed by atoms with Crippen LogP contribution in [-0.2, 0) is 14.5 Å². The van der Waals surface area contributed by atoms with E-state index in [1.165, 1.54) is 0 Å². The van der Waals surface area contributed by atoms with Gasteiger partial charge in [-0.25, -0.2) is 14.6 Å². The summed E-state index contributed by atoms with van der Waals surface area (Å²) in [4.78, 5) is 23.7. The Bertz CT molecular complexity index is 683. The van der Waals surface area contributed by atoms with Crippen molar-refractivity contribution in [1.29, 1.82) is 0 Å². The lowest BCUT2D eigenvalue weighted by molar-refractivity contribution is -0.432. The minimum Gasteiger partial charge on any atom is -0.454 e. The van der Waals surface area contributed by atoms with Crippen LogP contribution in [0.5, 0.6) is 0 Å². The minimum atomic E-state index is -0.374. The molecular weight excluding hydrogens is 328 g/mol. The number of rotatable bonds is 7. The molecule has 4 nitrogen and oxygen atoms in total. The first-order valence-corrected chi connectivity index (χ1v) is 9.32. The standard InChI is InChI=1S/C22H28O4/c1-16(2)19(24-20(23)18-8-6-5-7-9-18)11-10-17(3)22-14-12-21(4,13-15-22)25-26-22/h5-9,12,14,17,19H,1,10-11,13,15H2,2-4H3/t17?,19?,21-,22+/m0/s1. The maximum absolute atomic E-state index is 12.3. The molecule has 4 atom stereocenters. The van der Waals surface area contributed by atoms with Crippen LogP contribution in [0.1, 0.15) is 56.8 Å². The van der Waals surface area contributed by atoms with Crippen LogP contribution in [0.4, 0.5) is 0 Å². The van der Waals surface area contributed by atoms with Gasteiger partial charge in [-0.15, -0.1) is 0 Å². The van der Waals surface area contributed by atoms with E-state index in [0.29, 0.717) is 12.0 Å². The smallest absolute Gasteiger partial charge is 0.338 e. The Morgan fingerprint density at radius 3 is 2.46 bits per heavy atom. The van der Waals surface area contributed by atoms with Crippen molar-refractivity contribution in [3.05, 3.63) is 60.2 Å². The predicted molar refractivity (Wildman–Crippen MR) is 101 cm³/mol. The third kappa shape index (κ3) is 3.92. The van der Waals surface area contributed by atoms with Gasteiger partial charge in [-0.3, -0.25) is 0 Å². The second-order valence-corrected chi connectivity index (χ2v) is 7.85. The molecule has 0 aromatic heterocycles. The quantitative estimate of drug-likeness (QED) is 0.391. The summed E-state index contributed by atoms with van der Waals surface area (Å²) in [5.74, 6) is -0.0594. The summed E-state index contributed by atoms with van der Waals surface area (Å²) in [6.07, 6.45) is 7.43. The Morgan fingerprint density at radius 1 is 1.19 bits per heavy atom. The van der Waals surface area contributed by atoms with Crippen molar-refractivity contribution < 1.29 is 19.3 Å². The number of carbonyl (C=O) groups excluding carboxylic acids is 1. The molecule has 1 aliphatic carbocycles. The van der Waals surface area contributed by atoms with Gasteiger partial charge in [-0.1, -0.05) is 43.9 Å². The molecule has 1 fully saturated rings. The average Bonchev–Trinajstić information content (AvgIpc) is 2.66. The summed E-state index contributed by atoms with van der Waals surface area (Å²) in [6.45, 7) is 10.1. The van der Waals surface area contributed by atoms with Crippen LogP contribution in [0.3, 0.4) is 0 Å². The Kier molecular flexibility index (Phi) is 5.35. The van der Waals surface area contributed by atoms with E-state index in [2.05, 4.69) is 25.7 Å². The summed E-state index contributed by atoms with van der Waals surface area (Å²) in [5.41, 5.74) is 0.753. The van der Waals surface area contributed by atoms with Gasteiger partial charge in [0.05, 0.1) is 5.56 Å². The summed E-state index contributed by atoms with van der Waals surface area (Å²) < 4.78 is 5.70.